The zero-order valence-corrected chi connectivity index (χ0v) is 17.0. The molecule has 4 rings (SSSR count). The van der Waals surface area contributed by atoms with Crippen LogP contribution in [0.2, 0.25) is 0 Å². The molecule has 0 aliphatic carbocycles. The number of hydrogen-bond acceptors (Lipinski definition) is 5. The highest BCUT2D eigenvalue weighted by molar-refractivity contribution is 5.98. The number of Topliss-reactive ketones (excluding diaryl/α,β-unsaturated/α-hetero) is 1. The van der Waals surface area contributed by atoms with Gasteiger partial charge in [-0.1, -0.05) is 0 Å². The Balaban J connectivity index is 1.32. The number of ketones is 1. The fourth-order valence-corrected chi connectivity index (χ4v) is 4.67. The van der Waals surface area contributed by atoms with Gasteiger partial charge < -0.3 is 9.15 Å². The fourth-order valence-electron chi connectivity index (χ4n) is 4.67. The third-order valence-electron chi connectivity index (χ3n) is 6.29. The number of carbonyl (C=O) groups excluding carboxylic acids is 1. The molecule has 0 unspecified atom stereocenters. The van der Waals surface area contributed by atoms with Gasteiger partial charge in [-0.3, -0.25) is 14.6 Å². The van der Waals surface area contributed by atoms with Gasteiger partial charge in [0.2, 0.25) is 0 Å². The quantitative estimate of drug-likeness (QED) is 0.686. The van der Waals surface area contributed by atoms with Crippen LogP contribution in [-0.2, 0) is 6.54 Å². The number of benzene rings is 1. The molecule has 0 saturated carbocycles. The smallest absolute Gasteiger partial charge is 0.167 e. The van der Waals surface area contributed by atoms with Crippen molar-refractivity contribution in [1.29, 1.82) is 0 Å². The Labute approximate surface area is 171 Å². The first-order chi connectivity index (χ1) is 14.1. The van der Waals surface area contributed by atoms with E-state index < -0.39 is 5.82 Å². The molecule has 1 atom stereocenters. The Morgan fingerprint density at radius 2 is 2.03 bits per heavy atom. The molecule has 2 fully saturated rings. The van der Waals surface area contributed by atoms with Crippen LogP contribution in [-0.4, -0.2) is 54.9 Å². The van der Waals surface area contributed by atoms with Crippen LogP contribution in [0.25, 0.3) is 0 Å². The summed E-state index contributed by atoms with van der Waals surface area (Å²) < 4.78 is 24.4. The lowest BCUT2D eigenvalue weighted by atomic mass is 9.88. The zero-order chi connectivity index (χ0) is 20.2. The third kappa shape index (κ3) is 4.70. The Hall–Kier alpha value is -2.18. The maximum atomic E-state index is 14.0. The number of rotatable bonds is 6. The van der Waals surface area contributed by atoms with Crippen LogP contribution >= 0.6 is 0 Å². The Kier molecular flexibility index (Phi) is 6.31. The van der Waals surface area contributed by atoms with E-state index >= 15 is 0 Å². The zero-order valence-electron chi connectivity index (χ0n) is 17.0. The summed E-state index contributed by atoms with van der Waals surface area (Å²) in [5.41, 5.74) is 0.448. The molecule has 1 aromatic carbocycles. The first kappa shape index (κ1) is 20.1. The second-order valence-electron chi connectivity index (χ2n) is 8.13. The van der Waals surface area contributed by atoms with Gasteiger partial charge in [-0.15, -0.1) is 0 Å². The standard InChI is InChI=1S/C23H29FN2O3/c1-28-22-7-6-17(14-21(22)24)23(27)18-4-2-10-26(15-18)19-8-11-25(12-9-19)16-20-5-3-13-29-20/h3,5-7,13-14,18-19H,2,4,8-12,15-16H2,1H3/t18-/m0/s1. The lowest BCUT2D eigenvalue weighted by molar-refractivity contribution is 0.0573. The van der Waals surface area contributed by atoms with Crippen LogP contribution in [0.3, 0.4) is 0 Å². The van der Waals surface area contributed by atoms with Crippen LogP contribution < -0.4 is 4.74 Å². The van der Waals surface area contributed by atoms with Crippen LogP contribution in [0.15, 0.2) is 41.0 Å². The minimum Gasteiger partial charge on any atom is -0.494 e. The number of furan rings is 1. The number of hydrogen-bond donors (Lipinski definition) is 0. The average molecular weight is 400 g/mol. The van der Waals surface area contributed by atoms with Gasteiger partial charge in [0.1, 0.15) is 5.76 Å². The molecule has 0 bridgehead atoms. The molecule has 0 N–H and O–H groups in total. The van der Waals surface area contributed by atoms with Crippen molar-refractivity contribution in [3.63, 3.8) is 0 Å². The highest BCUT2D eigenvalue weighted by atomic mass is 19.1. The number of nitrogens with zero attached hydrogens (tertiary/aromatic N) is 2. The minimum absolute atomic E-state index is 0.0477. The van der Waals surface area contributed by atoms with Crippen molar-refractivity contribution in [2.75, 3.05) is 33.3 Å². The first-order valence-corrected chi connectivity index (χ1v) is 10.5. The summed E-state index contributed by atoms with van der Waals surface area (Å²) in [6, 6.07) is 9.00. The molecule has 0 spiro atoms. The lowest BCUT2D eigenvalue weighted by Gasteiger charge is -2.42. The molecule has 0 radical (unpaired) electrons. The average Bonchev–Trinajstić information content (AvgIpc) is 3.27. The molecule has 2 aliphatic rings. The summed E-state index contributed by atoms with van der Waals surface area (Å²) in [4.78, 5) is 17.9. The van der Waals surface area contributed by atoms with E-state index in [2.05, 4.69) is 9.80 Å². The third-order valence-corrected chi connectivity index (χ3v) is 6.29. The van der Waals surface area contributed by atoms with Crippen molar-refractivity contribution < 1.29 is 18.3 Å². The molecule has 0 amide bonds. The lowest BCUT2D eigenvalue weighted by Crippen LogP contribution is -2.49. The first-order valence-electron chi connectivity index (χ1n) is 10.5. The van der Waals surface area contributed by atoms with E-state index in [0.717, 1.165) is 64.2 Å². The number of carbonyl (C=O) groups is 1. The largest absolute Gasteiger partial charge is 0.494 e. The molecular formula is C23H29FN2O3. The monoisotopic (exact) mass is 400 g/mol. The number of ether oxygens (including phenoxy) is 1. The molecular weight excluding hydrogens is 371 g/mol. The van der Waals surface area contributed by atoms with Gasteiger partial charge in [-0.05, 0) is 62.6 Å². The number of piperidine rings is 2. The highest BCUT2D eigenvalue weighted by Crippen LogP contribution is 2.28. The molecule has 29 heavy (non-hydrogen) atoms. The summed E-state index contributed by atoms with van der Waals surface area (Å²) in [7, 11) is 1.43. The summed E-state index contributed by atoms with van der Waals surface area (Å²) in [6.07, 6.45) is 5.83. The maximum Gasteiger partial charge on any atom is 0.167 e. The maximum absolute atomic E-state index is 14.0. The molecule has 2 saturated heterocycles. The van der Waals surface area contributed by atoms with E-state index in [1.54, 1.807) is 12.3 Å². The van der Waals surface area contributed by atoms with Crippen LogP contribution in [0.1, 0.15) is 41.8 Å². The van der Waals surface area contributed by atoms with Gasteiger partial charge in [0.05, 0.1) is 19.9 Å². The Morgan fingerprint density at radius 3 is 2.72 bits per heavy atom. The summed E-state index contributed by atoms with van der Waals surface area (Å²) in [5, 5.41) is 0. The van der Waals surface area contributed by atoms with Crippen LogP contribution in [0.4, 0.5) is 4.39 Å². The SMILES string of the molecule is COc1ccc(C(=O)[C@H]2CCCN(C3CCN(Cc4ccco4)CC3)C2)cc1F. The van der Waals surface area contributed by atoms with E-state index in [4.69, 9.17) is 9.15 Å². The van der Waals surface area contributed by atoms with Crippen LogP contribution in [0, 0.1) is 11.7 Å². The number of methoxy groups -OCH3 is 1. The summed E-state index contributed by atoms with van der Waals surface area (Å²) in [6.45, 7) is 4.77. The molecule has 2 aromatic rings. The molecule has 5 nitrogen and oxygen atoms in total. The van der Waals surface area contributed by atoms with Gasteiger partial charge >= 0.3 is 0 Å². The van der Waals surface area contributed by atoms with Gasteiger partial charge in [0.25, 0.3) is 0 Å². The van der Waals surface area contributed by atoms with E-state index in [1.165, 1.54) is 19.2 Å². The molecule has 2 aliphatic heterocycles. The summed E-state index contributed by atoms with van der Waals surface area (Å²) in [5.74, 6) is 0.700. The topological polar surface area (TPSA) is 45.9 Å². The van der Waals surface area contributed by atoms with Crippen molar-refractivity contribution in [3.8, 4) is 5.75 Å². The highest BCUT2D eigenvalue weighted by Gasteiger charge is 2.32. The predicted molar refractivity (Wildman–Crippen MR) is 109 cm³/mol. The minimum atomic E-state index is -0.477. The number of halogens is 1. The van der Waals surface area contributed by atoms with E-state index in [1.807, 2.05) is 12.1 Å². The van der Waals surface area contributed by atoms with Gasteiger partial charge in [-0.2, -0.15) is 0 Å². The normalized spacial score (nSPS) is 21.9. The van der Waals surface area contributed by atoms with E-state index in [0.29, 0.717) is 11.6 Å². The van der Waals surface area contributed by atoms with Gasteiger partial charge in [-0.25, -0.2) is 4.39 Å². The Bertz CT molecular complexity index is 816. The number of likely N-dealkylation sites (tertiary alicyclic amines) is 2. The second kappa shape index (κ2) is 9.09. The van der Waals surface area contributed by atoms with Crippen molar-refractivity contribution in [1.82, 2.24) is 9.80 Å². The van der Waals surface area contributed by atoms with Gasteiger partial charge in [0.15, 0.2) is 17.3 Å². The second-order valence-corrected chi connectivity index (χ2v) is 8.13. The predicted octanol–water partition coefficient (Wildman–Crippen LogP) is 3.99. The van der Waals surface area contributed by atoms with Crippen molar-refractivity contribution in [2.45, 2.75) is 38.3 Å². The Morgan fingerprint density at radius 1 is 1.21 bits per heavy atom. The molecule has 6 heteroatoms. The fraction of sp³-hybridized carbons (Fsp3) is 0.522. The van der Waals surface area contributed by atoms with Crippen molar-refractivity contribution in [2.24, 2.45) is 5.92 Å². The molecule has 1 aromatic heterocycles. The van der Waals surface area contributed by atoms with E-state index in [9.17, 15) is 9.18 Å². The van der Waals surface area contributed by atoms with Crippen LogP contribution in [0.5, 0.6) is 5.75 Å². The molecule has 3 heterocycles. The molecule has 156 valence electrons. The van der Waals surface area contributed by atoms with Gasteiger partial charge in [0, 0.05) is 37.2 Å². The van der Waals surface area contributed by atoms with Crippen molar-refractivity contribution in [3.05, 3.63) is 53.7 Å². The van der Waals surface area contributed by atoms with Crippen molar-refractivity contribution >= 4 is 5.78 Å². The summed E-state index contributed by atoms with van der Waals surface area (Å²) >= 11 is 0. The van der Waals surface area contributed by atoms with E-state index in [-0.39, 0.29) is 17.5 Å².